The van der Waals surface area contributed by atoms with Gasteiger partial charge in [0, 0.05) is 41.8 Å². The predicted octanol–water partition coefficient (Wildman–Crippen LogP) is 3.46. The second kappa shape index (κ2) is 10.9. The molecule has 7 nitrogen and oxygen atoms in total. The Kier molecular flexibility index (Phi) is 7.70. The van der Waals surface area contributed by atoms with Crippen LogP contribution in [0.5, 0.6) is 0 Å². The zero-order valence-corrected chi connectivity index (χ0v) is 17.7. The molecule has 1 N–H and O–H groups in total. The minimum atomic E-state index is -0.591. The molecule has 0 bridgehead atoms. The highest BCUT2D eigenvalue weighted by Crippen LogP contribution is 2.23. The molecule has 3 rings (SSSR count). The van der Waals surface area contributed by atoms with E-state index in [1.165, 1.54) is 6.08 Å². The van der Waals surface area contributed by atoms with Crippen LogP contribution in [0.25, 0.3) is 17.3 Å². The van der Waals surface area contributed by atoms with E-state index in [4.69, 9.17) is 4.74 Å². The first kappa shape index (κ1) is 22.0. The van der Waals surface area contributed by atoms with Gasteiger partial charge < -0.3 is 10.1 Å². The van der Waals surface area contributed by atoms with Crippen molar-refractivity contribution in [2.45, 2.75) is 32.9 Å². The molecule has 0 aliphatic heterocycles. The molecule has 31 heavy (non-hydrogen) atoms. The van der Waals surface area contributed by atoms with E-state index in [1.54, 1.807) is 18.5 Å². The maximum atomic E-state index is 12.1. The van der Waals surface area contributed by atoms with Crippen molar-refractivity contribution >= 4 is 18.0 Å². The Labute approximate surface area is 181 Å². The molecule has 1 atom stereocenters. The third-order valence-corrected chi connectivity index (χ3v) is 4.68. The molecule has 0 radical (unpaired) electrons. The summed E-state index contributed by atoms with van der Waals surface area (Å²) < 4.78 is 6.86. The van der Waals surface area contributed by atoms with Gasteiger partial charge in [-0.2, -0.15) is 5.10 Å². The number of rotatable bonds is 9. The van der Waals surface area contributed by atoms with Gasteiger partial charge in [0.1, 0.15) is 5.69 Å². The molecular weight excluding hydrogens is 392 g/mol. The van der Waals surface area contributed by atoms with Crippen molar-refractivity contribution in [2.75, 3.05) is 6.61 Å². The largest absolute Gasteiger partial charge is 0.452 e. The second-order valence-electron chi connectivity index (χ2n) is 7.18. The number of esters is 1. The van der Waals surface area contributed by atoms with E-state index < -0.39 is 5.97 Å². The number of carbonyl (C=O) groups is 2. The summed E-state index contributed by atoms with van der Waals surface area (Å²) >= 11 is 0. The number of pyridine rings is 1. The van der Waals surface area contributed by atoms with Crippen molar-refractivity contribution in [3.05, 3.63) is 78.3 Å². The van der Waals surface area contributed by atoms with Crippen LogP contribution < -0.4 is 5.32 Å². The van der Waals surface area contributed by atoms with Crippen molar-refractivity contribution in [3.63, 3.8) is 0 Å². The Hall–Kier alpha value is -3.74. The molecule has 0 aliphatic carbocycles. The maximum absolute atomic E-state index is 12.1. The van der Waals surface area contributed by atoms with E-state index >= 15 is 0 Å². The zero-order valence-electron chi connectivity index (χ0n) is 17.7. The van der Waals surface area contributed by atoms with E-state index in [1.807, 2.05) is 67.2 Å². The summed E-state index contributed by atoms with van der Waals surface area (Å²) in [6.45, 7) is 4.16. The van der Waals surface area contributed by atoms with Crippen LogP contribution in [0.2, 0.25) is 0 Å². The molecule has 1 amide bonds. The van der Waals surface area contributed by atoms with E-state index in [0.29, 0.717) is 12.2 Å². The molecule has 0 spiro atoms. The van der Waals surface area contributed by atoms with Crippen molar-refractivity contribution in [1.82, 2.24) is 20.1 Å². The van der Waals surface area contributed by atoms with Crippen LogP contribution in [0.15, 0.2) is 67.1 Å². The normalized spacial score (nSPS) is 11.9. The van der Waals surface area contributed by atoms with Crippen LogP contribution in [0.3, 0.4) is 0 Å². The lowest BCUT2D eigenvalue weighted by molar-refractivity contribution is -0.144. The summed E-state index contributed by atoms with van der Waals surface area (Å²) in [4.78, 5) is 28.0. The zero-order chi connectivity index (χ0) is 22.1. The molecule has 160 valence electrons. The number of ether oxygens (including phenoxy) is 1. The quantitative estimate of drug-likeness (QED) is 0.425. The Balaban J connectivity index is 1.72. The lowest BCUT2D eigenvalue weighted by atomic mass is 10.1. The Morgan fingerprint density at radius 2 is 2.00 bits per heavy atom. The van der Waals surface area contributed by atoms with Crippen molar-refractivity contribution < 1.29 is 14.3 Å². The van der Waals surface area contributed by atoms with E-state index in [2.05, 4.69) is 15.4 Å². The van der Waals surface area contributed by atoms with E-state index in [0.717, 1.165) is 23.1 Å². The SMILES string of the molecule is CC[C@@H](C)NC(=O)COC(=O)/C=C/c1cn(Cc2ccccc2)nc1-c1cccnc1. The van der Waals surface area contributed by atoms with Gasteiger partial charge in [0.15, 0.2) is 6.61 Å². The molecule has 2 heterocycles. The van der Waals surface area contributed by atoms with Crippen LogP contribution in [-0.4, -0.2) is 39.3 Å². The molecule has 0 fully saturated rings. The topological polar surface area (TPSA) is 86.1 Å². The summed E-state index contributed by atoms with van der Waals surface area (Å²) in [6, 6.07) is 13.8. The highest BCUT2D eigenvalue weighted by molar-refractivity contribution is 5.90. The van der Waals surface area contributed by atoms with Gasteiger partial charge in [0.05, 0.1) is 6.54 Å². The van der Waals surface area contributed by atoms with Crippen molar-refractivity contribution in [1.29, 1.82) is 0 Å². The van der Waals surface area contributed by atoms with Gasteiger partial charge in [-0.1, -0.05) is 37.3 Å². The minimum Gasteiger partial charge on any atom is -0.452 e. The van der Waals surface area contributed by atoms with Gasteiger partial charge in [-0.15, -0.1) is 0 Å². The third kappa shape index (κ3) is 6.64. The van der Waals surface area contributed by atoms with Crippen LogP contribution in [-0.2, 0) is 20.9 Å². The Bertz CT molecular complexity index is 1030. The van der Waals surface area contributed by atoms with Gasteiger partial charge in [-0.3, -0.25) is 14.5 Å². The third-order valence-electron chi connectivity index (χ3n) is 4.68. The van der Waals surface area contributed by atoms with Gasteiger partial charge in [-0.05, 0) is 37.1 Å². The second-order valence-corrected chi connectivity index (χ2v) is 7.18. The van der Waals surface area contributed by atoms with Crippen molar-refractivity contribution in [3.8, 4) is 11.3 Å². The summed E-state index contributed by atoms with van der Waals surface area (Å²) in [5.74, 6) is -0.907. The first-order chi connectivity index (χ1) is 15.0. The number of hydrogen-bond donors (Lipinski definition) is 1. The number of nitrogens with one attached hydrogen (secondary N) is 1. The van der Waals surface area contributed by atoms with Crippen LogP contribution in [0, 0.1) is 0 Å². The molecular formula is C24H26N4O3. The average molecular weight is 418 g/mol. The lowest BCUT2D eigenvalue weighted by Gasteiger charge is -2.10. The average Bonchev–Trinajstić information content (AvgIpc) is 3.20. The summed E-state index contributed by atoms with van der Waals surface area (Å²) in [5, 5.41) is 7.43. The number of nitrogens with zero attached hydrogens (tertiary/aromatic N) is 3. The summed E-state index contributed by atoms with van der Waals surface area (Å²) in [7, 11) is 0. The summed E-state index contributed by atoms with van der Waals surface area (Å²) in [6.07, 6.45) is 9.05. The van der Waals surface area contributed by atoms with E-state index in [-0.39, 0.29) is 18.6 Å². The van der Waals surface area contributed by atoms with Gasteiger partial charge >= 0.3 is 5.97 Å². The lowest BCUT2D eigenvalue weighted by Crippen LogP contribution is -2.35. The standard InChI is InChI=1S/C24H26N4O3/c1-3-18(2)26-22(29)17-31-23(30)12-11-21-16-28(15-19-8-5-4-6-9-19)27-24(21)20-10-7-13-25-14-20/h4-14,16,18H,3,15,17H2,1-2H3,(H,26,29)/b12-11+/t18-/m1/s1. The number of carbonyl (C=O) groups excluding carboxylic acids is 2. The number of hydrogen-bond acceptors (Lipinski definition) is 5. The number of aromatic nitrogens is 3. The Morgan fingerprint density at radius 3 is 2.71 bits per heavy atom. The smallest absolute Gasteiger partial charge is 0.331 e. The van der Waals surface area contributed by atoms with Crippen LogP contribution in [0.1, 0.15) is 31.4 Å². The first-order valence-corrected chi connectivity index (χ1v) is 10.2. The van der Waals surface area contributed by atoms with Gasteiger partial charge in [0.2, 0.25) is 0 Å². The van der Waals surface area contributed by atoms with Gasteiger partial charge in [0.25, 0.3) is 5.91 Å². The monoisotopic (exact) mass is 418 g/mol. The molecule has 0 aliphatic rings. The number of amides is 1. The van der Waals surface area contributed by atoms with Crippen LogP contribution >= 0.6 is 0 Å². The molecule has 0 saturated heterocycles. The first-order valence-electron chi connectivity index (χ1n) is 10.2. The molecule has 0 unspecified atom stereocenters. The Morgan fingerprint density at radius 1 is 1.19 bits per heavy atom. The van der Waals surface area contributed by atoms with Gasteiger partial charge in [-0.25, -0.2) is 4.79 Å². The van der Waals surface area contributed by atoms with Crippen LogP contribution in [0.4, 0.5) is 0 Å². The highest BCUT2D eigenvalue weighted by Gasteiger charge is 2.12. The fourth-order valence-corrected chi connectivity index (χ4v) is 2.90. The maximum Gasteiger partial charge on any atom is 0.331 e. The van der Waals surface area contributed by atoms with Crippen molar-refractivity contribution in [2.24, 2.45) is 0 Å². The predicted molar refractivity (Wildman–Crippen MR) is 119 cm³/mol. The fourth-order valence-electron chi connectivity index (χ4n) is 2.90. The molecule has 0 saturated carbocycles. The molecule has 1 aromatic carbocycles. The molecule has 7 heteroatoms. The minimum absolute atomic E-state index is 0.0410. The fraction of sp³-hybridized carbons (Fsp3) is 0.250. The number of benzene rings is 1. The highest BCUT2D eigenvalue weighted by atomic mass is 16.5. The molecule has 2 aromatic heterocycles. The van der Waals surface area contributed by atoms with E-state index in [9.17, 15) is 9.59 Å². The summed E-state index contributed by atoms with van der Waals surface area (Å²) in [5.41, 5.74) is 3.42. The molecule has 3 aromatic rings.